The number of guanidine groups is 1. The van der Waals surface area contributed by atoms with Crippen LogP contribution in [-0.4, -0.2) is 25.0 Å². The average Bonchev–Trinajstić information content (AvgIpc) is 2.51. The number of rotatable bonds is 6. The Morgan fingerprint density at radius 3 is 2.68 bits per heavy atom. The van der Waals surface area contributed by atoms with E-state index in [-0.39, 0.29) is 12.1 Å². The summed E-state index contributed by atoms with van der Waals surface area (Å²) in [7, 11) is 0. The molecule has 122 valence electrons. The molecule has 0 aromatic heterocycles. The highest BCUT2D eigenvalue weighted by atomic mass is 19.3. The number of benzene rings is 1. The molecule has 1 heterocycles. The fourth-order valence-electron chi connectivity index (χ4n) is 2.43. The summed E-state index contributed by atoms with van der Waals surface area (Å²) < 4.78 is 30.7. The van der Waals surface area contributed by atoms with Crippen LogP contribution in [0.4, 0.5) is 14.5 Å². The van der Waals surface area contributed by atoms with Crippen molar-refractivity contribution >= 4 is 11.6 Å². The van der Waals surface area contributed by atoms with Crippen LogP contribution < -0.4 is 15.4 Å². The van der Waals surface area contributed by atoms with E-state index >= 15 is 0 Å². The zero-order chi connectivity index (χ0) is 16.1. The van der Waals surface area contributed by atoms with Gasteiger partial charge in [-0.15, -0.1) is 0 Å². The van der Waals surface area contributed by atoms with Crippen molar-refractivity contribution in [3.05, 3.63) is 23.8 Å². The van der Waals surface area contributed by atoms with Crippen LogP contribution in [0.2, 0.25) is 0 Å². The molecule has 1 unspecified atom stereocenters. The highest BCUT2D eigenvalue weighted by molar-refractivity contribution is 5.87. The number of ether oxygens (including phenoxy) is 1. The summed E-state index contributed by atoms with van der Waals surface area (Å²) in [6.07, 6.45) is -0.468. The van der Waals surface area contributed by atoms with Crippen molar-refractivity contribution < 1.29 is 13.5 Å². The fourth-order valence-corrected chi connectivity index (χ4v) is 2.43. The van der Waals surface area contributed by atoms with Crippen LogP contribution in [0.25, 0.3) is 0 Å². The van der Waals surface area contributed by atoms with Gasteiger partial charge < -0.3 is 15.4 Å². The van der Waals surface area contributed by atoms with Gasteiger partial charge in [0.2, 0.25) is 0 Å². The van der Waals surface area contributed by atoms with E-state index in [1.54, 1.807) is 0 Å². The van der Waals surface area contributed by atoms with E-state index in [2.05, 4.69) is 29.5 Å². The zero-order valence-corrected chi connectivity index (χ0v) is 13.2. The van der Waals surface area contributed by atoms with Crippen LogP contribution >= 0.6 is 0 Å². The van der Waals surface area contributed by atoms with Gasteiger partial charge in [-0.25, -0.2) is 13.8 Å². The van der Waals surface area contributed by atoms with Crippen molar-refractivity contribution in [2.75, 3.05) is 6.54 Å². The van der Waals surface area contributed by atoms with Crippen LogP contribution in [0.3, 0.4) is 0 Å². The quantitative estimate of drug-likeness (QED) is 0.841. The number of hydrogen-bond donors (Lipinski definition) is 2. The second kappa shape index (κ2) is 7.42. The molecule has 2 N–H and O–H groups in total. The van der Waals surface area contributed by atoms with Crippen molar-refractivity contribution in [3.63, 3.8) is 0 Å². The summed E-state index contributed by atoms with van der Waals surface area (Å²) in [5, 5.41) is 5.72. The van der Waals surface area contributed by atoms with Gasteiger partial charge >= 0.3 is 0 Å². The molecule has 2 rings (SSSR count). The summed E-state index contributed by atoms with van der Waals surface area (Å²) in [4.78, 5) is 4.43. The van der Waals surface area contributed by atoms with E-state index in [1.165, 1.54) is 0 Å². The number of fused-ring (bicyclic) bond motifs is 1. The number of halogens is 2. The molecule has 0 aliphatic carbocycles. The molecular formula is C16H23F2N3O. The topological polar surface area (TPSA) is 45.6 Å². The zero-order valence-electron chi connectivity index (χ0n) is 13.2. The lowest BCUT2D eigenvalue weighted by Gasteiger charge is -2.27. The highest BCUT2D eigenvalue weighted by Gasteiger charge is 2.22. The molecule has 0 spiro atoms. The van der Waals surface area contributed by atoms with E-state index in [1.807, 2.05) is 25.1 Å². The number of alkyl halides is 2. The lowest BCUT2D eigenvalue weighted by Crippen LogP contribution is -2.42. The van der Waals surface area contributed by atoms with E-state index in [4.69, 9.17) is 4.74 Å². The van der Waals surface area contributed by atoms with Crippen LogP contribution in [0.1, 0.15) is 45.2 Å². The molecule has 1 aromatic rings. The first-order valence-electron chi connectivity index (χ1n) is 7.71. The third-order valence-electron chi connectivity index (χ3n) is 3.70. The number of aliphatic imine (C=N–C) groups is 1. The predicted octanol–water partition coefficient (Wildman–Crippen LogP) is 3.76. The Balaban J connectivity index is 2.27. The van der Waals surface area contributed by atoms with Crippen LogP contribution in [0.15, 0.2) is 23.2 Å². The normalized spacial score (nSPS) is 17.0. The van der Waals surface area contributed by atoms with Gasteiger partial charge in [-0.05, 0) is 25.8 Å². The Labute approximate surface area is 130 Å². The maximum Gasteiger partial charge on any atom is 0.255 e. The average molecular weight is 311 g/mol. The molecule has 4 nitrogen and oxygen atoms in total. The number of nitrogens with zero attached hydrogens (tertiary/aromatic N) is 1. The standard InChI is InChI=1S/C16H23F2N3O/c1-4-11(5-2)22-13-8-6-7-12-10(3)20-16(21-15(12)13)19-9-14(17)18/h6-8,10-11,14H,4-5,9H2,1-3H3,(H2,19,20,21). The molecule has 6 heteroatoms. The Morgan fingerprint density at radius 1 is 1.32 bits per heavy atom. The Morgan fingerprint density at radius 2 is 2.05 bits per heavy atom. The van der Waals surface area contributed by atoms with Crippen molar-refractivity contribution in [1.82, 2.24) is 10.6 Å². The molecule has 1 atom stereocenters. The number of hydrogen-bond acceptors (Lipinski definition) is 4. The van der Waals surface area contributed by atoms with Gasteiger partial charge in [-0.3, -0.25) is 0 Å². The minimum absolute atomic E-state index is 0.0158. The number of para-hydroxylation sites is 1. The Bertz CT molecular complexity index is 530. The molecular weight excluding hydrogens is 288 g/mol. The van der Waals surface area contributed by atoms with Gasteiger partial charge in [0.1, 0.15) is 11.4 Å². The molecule has 0 fully saturated rings. The van der Waals surface area contributed by atoms with Gasteiger partial charge in [0.15, 0.2) is 5.96 Å². The molecule has 0 bridgehead atoms. The third kappa shape index (κ3) is 3.87. The second-order valence-corrected chi connectivity index (χ2v) is 5.35. The molecule has 0 saturated heterocycles. The Hall–Kier alpha value is -1.85. The predicted molar refractivity (Wildman–Crippen MR) is 84.1 cm³/mol. The minimum Gasteiger partial charge on any atom is -0.488 e. The summed E-state index contributed by atoms with van der Waals surface area (Å²) in [5.41, 5.74) is 1.73. The monoisotopic (exact) mass is 311 g/mol. The van der Waals surface area contributed by atoms with Crippen LogP contribution in [0.5, 0.6) is 5.75 Å². The van der Waals surface area contributed by atoms with Gasteiger partial charge in [-0.1, -0.05) is 26.0 Å². The summed E-state index contributed by atoms with van der Waals surface area (Å²) in [6.45, 7) is 5.70. The molecule has 0 saturated carbocycles. The maximum atomic E-state index is 12.4. The molecule has 0 amide bonds. The first-order chi connectivity index (χ1) is 10.5. The largest absolute Gasteiger partial charge is 0.488 e. The van der Waals surface area contributed by atoms with E-state index in [0.29, 0.717) is 11.7 Å². The highest BCUT2D eigenvalue weighted by Crippen LogP contribution is 2.38. The van der Waals surface area contributed by atoms with Crippen molar-refractivity contribution in [3.8, 4) is 5.75 Å². The Kier molecular flexibility index (Phi) is 5.57. The summed E-state index contributed by atoms with van der Waals surface area (Å²) >= 11 is 0. The van der Waals surface area contributed by atoms with Crippen molar-refractivity contribution in [2.45, 2.75) is 52.2 Å². The van der Waals surface area contributed by atoms with Crippen LogP contribution in [-0.2, 0) is 0 Å². The van der Waals surface area contributed by atoms with Gasteiger partial charge in [0, 0.05) is 5.56 Å². The lowest BCUT2D eigenvalue weighted by molar-refractivity contribution is 0.152. The molecule has 1 aliphatic heterocycles. The third-order valence-corrected chi connectivity index (χ3v) is 3.70. The summed E-state index contributed by atoms with van der Waals surface area (Å²) in [5.74, 6) is 1.07. The van der Waals surface area contributed by atoms with Crippen LogP contribution in [0, 0.1) is 0 Å². The molecule has 0 radical (unpaired) electrons. The smallest absolute Gasteiger partial charge is 0.255 e. The maximum absolute atomic E-state index is 12.4. The minimum atomic E-state index is -2.42. The fraction of sp³-hybridized carbons (Fsp3) is 0.562. The van der Waals surface area contributed by atoms with Crippen molar-refractivity contribution in [1.29, 1.82) is 0 Å². The summed E-state index contributed by atoms with van der Waals surface area (Å²) in [6, 6.07) is 5.77. The number of nitrogens with one attached hydrogen (secondary N) is 2. The van der Waals surface area contributed by atoms with E-state index in [9.17, 15) is 8.78 Å². The van der Waals surface area contributed by atoms with Gasteiger partial charge in [-0.2, -0.15) is 0 Å². The van der Waals surface area contributed by atoms with Gasteiger partial charge in [0.05, 0.1) is 18.7 Å². The first-order valence-corrected chi connectivity index (χ1v) is 7.71. The van der Waals surface area contributed by atoms with Gasteiger partial charge in [0.25, 0.3) is 6.43 Å². The van der Waals surface area contributed by atoms with E-state index in [0.717, 1.165) is 24.1 Å². The lowest BCUT2D eigenvalue weighted by atomic mass is 10.0. The first kappa shape index (κ1) is 16.5. The van der Waals surface area contributed by atoms with E-state index < -0.39 is 13.0 Å². The SMILES string of the molecule is CCC(CC)Oc1cccc2c1N=C(NCC(F)F)NC2C. The van der Waals surface area contributed by atoms with Crippen molar-refractivity contribution in [2.24, 2.45) is 4.99 Å². The molecule has 1 aliphatic rings. The second-order valence-electron chi connectivity index (χ2n) is 5.35. The molecule has 22 heavy (non-hydrogen) atoms. The molecule has 1 aromatic carbocycles.